The second kappa shape index (κ2) is 5.29. The van der Waals surface area contributed by atoms with E-state index in [-0.39, 0.29) is 31.7 Å². The summed E-state index contributed by atoms with van der Waals surface area (Å²) in [4.78, 5) is 22.9. The molecule has 0 atom stereocenters. The van der Waals surface area contributed by atoms with Gasteiger partial charge in [0, 0.05) is 13.1 Å². The summed E-state index contributed by atoms with van der Waals surface area (Å²) in [6.07, 6.45) is 1.05. The van der Waals surface area contributed by atoms with Gasteiger partial charge in [0.1, 0.15) is 6.61 Å². The summed E-state index contributed by atoms with van der Waals surface area (Å²) < 4.78 is 17.7. The van der Waals surface area contributed by atoms with Gasteiger partial charge in [-0.15, -0.1) is 0 Å². The summed E-state index contributed by atoms with van der Waals surface area (Å²) in [5.41, 5.74) is 0.114. The first-order chi connectivity index (χ1) is 7.56. The van der Waals surface area contributed by atoms with Crippen molar-refractivity contribution in [1.82, 2.24) is 4.90 Å². The number of hydrogen-bond donors (Lipinski definition) is 1. The van der Waals surface area contributed by atoms with E-state index in [9.17, 15) is 14.0 Å². The number of nitrogens with zero attached hydrogens (tertiary/aromatic N) is 1. The lowest BCUT2D eigenvalue weighted by molar-refractivity contribution is -0.134. The molecule has 5 nitrogen and oxygen atoms in total. The number of likely N-dealkylation sites (tertiary alicyclic amines) is 1. The summed E-state index contributed by atoms with van der Waals surface area (Å²) in [7, 11) is 0. The molecule has 0 aliphatic carbocycles. The van der Waals surface area contributed by atoms with E-state index in [1.165, 1.54) is 11.0 Å². The average molecular weight is 229 g/mol. The Kier molecular flexibility index (Phi) is 4.04. The van der Waals surface area contributed by atoms with E-state index in [0.29, 0.717) is 0 Å². The standard InChI is InChI=1S/C10H12FNO4/c1-2-5-16-10(15)12-4-3-7(6-12)8(11)9(13)14/h2H,1,3-6H2,(H,13,14)/b8-7-. The fraction of sp³-hybridized carbons (Fsp3) is 0.400. The third-order valence-electron chi connectivity index (χ3n) is 2.15. The van der Waals surface area contributed by atoms with E-state index in [1.807, 2.05) is 0 Å². The van der Waals surface area contributed by atoms with Gasteiger partial charge in [-0.25, -0.2) is 9.59 Å². The number of hydrogen-bond acceptors (Lipinski definition) is 3. The van der Waals surface area contributed by atoms with Crippen LogP contribution in [0.15, 0.2) is 24.1 Å². The van der Waals surface area contributed by atoms with Crippen LogP contribution in [-0.2, 0) is 9.53 Å². The molecule has 0 aromatic carbocycles. The van der Waals surface area contributed by atoms with Crippen LogP contribution in [0.3, 0.4) is 0 Å². The van der Waals surface area contributed by atoms with Crippen LogP contribution in [0.25, 0.3) is 0 Å². The zero-order valence-corrected chi connectivity index (χ0v) is 8.61. The first kappa shape index (κ1) is 12.2. The van der Waals surface area contributed by atoms with Gasteiger partial charge in [0.25, 0.3) is 0 Å². The third-order valence-corrected chi connectivity index (χ3v) is 2.15. The molecule has 1 N–H and O–H groups in total. The normalized spacial score (nSPS) is 18.2. The fourth-order valence-corrected chi connectivity index (χ4v) is 1.37. The zero-order valence-electron chi connectivity index (χ0n) is 8.61. The highest BCUT2D eigenvalue weighted by Crippen LogP contribution is 2.20. The molecule has 0 radical (unpaired) electrons. The molecule has 0 aromatic heterocycles. The Hall–Kier alpha value is -1.85. The molecule has 1 heterocycles. The molecule has 1 aliphatic rings. The SMILES string of the molecule is C=CCOC(=O)N1CC/C(=C(/F)C(=O)O)C1. The van der Waals surface area contributed by atoms with E-state index in [2.05, 4.69) is 6.58 Å². The number of amides is 1. The van der Waals surface area contributed by atoms with Crippen LogP contribution in [0.2, 0.25) is 0 Å². The Bertz CT molecular complexity index is 351. The fourth-order valence-electron chi connectivity index (χ4n) is 1.37. The monoisotopic (exact) mass is 229 g/mol. The first-order valence-corrected chi connectivity index (χ1v) is 4.69. The van der Waals surface area contributed by atoms with Crippen molar-refractivity contribution in [2.45, 2.75) is 6.42 Å². The second-order valence-electron chi connectivity index (χ2n) is 3.26. The van der Waals surface area contributed by atoms with Gasteiger partial charge in [-0.05, 0) is 12.0 Å². The van der Waals surface area contributed by atoms with Crippen molar-refractivity contribution in [1.29, 1.82) is 0 Å². The van der Waals surface area contributed by atoms with Crippen LogP contribution in [0.5, 0.6) is 0 Å². The number of aliphatic carboxylic acids is 1. The highest BCUT2D eigenvalue weighted by Gasteiger charge is 2.27. The Morgan fingerprint density at radius 2 is 2.31 bits per heavy atom. The zero-order chi connectivity index (χ0) is 12.1. The van der Waals surface area contributed by atoms with E-state index < -0.39 is 17.9 Å². The molecule has 1 fully saturated rings. The van der Waals surface area contributed by atoms with Crippen molar-refractivity contribution in [3.05, 3.63) is 24.1 Å². The minimum Gasteiger partial charge on any atom is -0.476 e. The largest absolute Gasteiger partial charge is 0.476 e. The van der Waals surface area contributed by atoms with Crippen LogP contribution in [0.4, 0.5) is 9.18 Å². The van der Waals surface area contributed by atoms with Gasteiger partial charge in [-0.2, -0.15) is 4.39 Å². The summed E-state index contributed by atoms with van der Waals surface area (Å²) in [6, 6.07) is 0. The van der Waals surface area contributed by atoms with Crippen LogP contribution in [0.1, 0.15) is 6.42 Å². The lowest BCUT2D eigenvalue weighted by Gasteiger charge is -2.13. The molecule has 1 rings (SSSR count). The van der Waals surface area contributed by atoms with Gasteiger partial charge >= 0.3 is 12.1 Å². The van der Waals surface area contributed by atoms with Crippen molar-refractivity contribution in [3.63, 3.8) is 0 Å². The number of carbonyl (C=O) groups is 2. The lowest BCUT2D eigenvalue weighted by Crippen LogP contribution is -2.28. The maximum absolute atomic E-state index is 13.0. The maximum atomic E-state index is 13.0. The Balaban J connectivity index is 2.59. The van der Waals surface area contributed by atoms with E-state index in [1.54, 1.807) is 0 Å². The highest BCUT2D eigenvalue weighted by atomic mass is 19.1. The molecule has 1 aliphatic heterocycles. The molecular formula is C10H12FNO4. The Labute approximate surface area is 91.8 Å². The highest BCUT2D eigenvalue weighted by molar-refractivity contribution is 5.85. The summed E-state index contributed by atoms with van der Waals surface area (Å²) in [6.45, 7) is 3.70. The molecular weight excluding hydrogens is 217 g/mol. The molecule has 0 unspecified atom stereocenters. The smallest absolute Gasteiger partial charge is 0.410 e. The van der Waals surface area contributed by atoms with Gasteiger partial charge in [0.05, 0.1) is 0 Å². The molecule has 0 bridgehead atoms. The van der Waals surface area contributed by atoms with Crippen molar-refractivity contribution in [2.75, 3.05) is 19.7 Å². The summed E-state index contributed by atoms with van der Waals surface area (Å²) in [5.74, 6) is -2.78. The summed E-state index contributed by atoms with van der Waals surface area (Å²) >= 11 is 0. The predicted molar refractivity (Wildman–Crippen MR) is 53.5 cm³/mol. The third kappa shape index (κ3) is 2.82. The lowest BCUT2D eigenvalue weighted by atomic mass is 10.2. The van der Waals surface area contributed by atoms with Crippen LogP contribution in [-0.4, -0.2) is 41.8 Å². The number of carboxylic acid groups (broad SMARTS) is 1. The van der Waals surface area contributed by atoms with E-state index >= 15 is 0 Å². The molecule has 1 amide bonds. The number of halogens is 1. The van der Waals surface area contributed by atoms with E-state index in [0.717, 1.165) is 0 Å². The summed E-state index contributed by atoms with van der Waals surface area (Å²) in [5, 5.41) is 8.43. The van der Waals surface area contributed by atoms with Crippen molar-refractivity contribution >= 4 is 12.1 Å². The first-order valence-electron chi connectivity index (χ1n) is 4.69. The number of ether oxygens (including phenoxy) is 1. The topological polar surface area (TPSA) is 66.8 Å². The van der Waals surface area contributed by atoms with Gasteiger partial charge in [0.2, 0.25) is 5.83 Å². The minimum atomic E-state index is -1.60. The quantitative estimate of drug-likeness (QED) is 0.585. The maximum Gasteiger partial charge on any atom is 0.410 e. The van der Waals surface area contributed by atoms with Crippen molar-refractivity contribution < 1.29 is 23.8 Å². The molecule has 88 valence electrons. The van der Waals surface area contributed by atoms with Gasteiger partial charge < -0.3 is 14.7 Å². The van der Waals surface area contributed by atoms with Crippen LogP contribution >= 0.6 is 0 Å². The Morgan fingerprint density at radius 1 is 1.62 bits per heavy atom. The minimum absolute atomic E-state index is 0.0336. The number of carboxylic acids is 1. The molecule has 0 saturated carbocycles. The molecule has 1 saturated heterocycles. The second-order valence-corrected chi connectivity index (χ2v) is 3.26. The molecule has 16 heavy (non-hydrogen) atoms. The molecule has 0 spiro atoms. The van der Waals surface area contributed by atoms with Crippen molar-refractivity contribution in [2.24, 2.45) is 0 Å². The molecule has 6 heteroatoms. The van der Waals surface area contributed by atoms with Crippen molar-refractivity contribution in [3.8, 4) is 0 Å². The van der Waals surface area contributed by atoms with Crippen LogP contribution in [0, 0.1) is 0 Å². The number of rotatable bonds is 3. The predicted octanol–water partition coefficient (Wildman–Crippen LogP) is 1.32. The number of carbonyl (C=O) groups excluding carboxylic acids is 1. The van der Waals surface area contributed by atoms with Gasteiger partial charge in [-0.1, -0.05) is 12.7 Å². The Morgan fingerprint density at radius 3 is 2.88 bits per heavy atom. The van der Waals surface area contributed by atoms with Gasteiger partial charge in [0.15, 0.2) is 0 Å². The molecule has 0 aromatic rings. The van der Waals surface area contributed by atoms with E-state index in [4.69, 9.17) is 9.84 Å². The van der Waals surface area contributed by atoms with Crippen LogP contribution < -0.4 is 0 Å². The average Bonchev–Trinajstić information content (AvgIpc) is 2.73. The van der Waals surface area contributed by atoms with Gasteiger partial charge in [-0.3, -0.25) is 0 Å².